The Morgan fingerprint density at radius 2 is 2.42 bits per heavy atom. The van der Waals surface area contributed by atoms with E-state index in [0.717, 1.165) is 5.39 Å². The monoisotopic (exact) mass is 180 g/mol. The van der Waals surface area contributed by atoms with Crippen LogP contribution >= 0.6 is 11.6 Å². The van der Waals surface area contributed by atoms with E-state index in [1.54, 1.807) is 18.5 Å². The topological polar surface area (TPSA) is 45.8 Å². The summed E-state index contributed by atoms with van der Waals surface area (Å²) >= 11 is 5.83. The summed E-state index contributed by atoms with van der Waals surface area (Å²) in [6.07, 6.45) is 3.90. The summed E-state index contributed by atoms with van der Waals surface area (Å²) < 4.78 is 0. The van der Waals surface area contributed by atoms with Crippen molar-refractivity contribution in [3.05, 3.63) is 29.2 Å². The van der Waals surface area contributed by atoms with Gasteiger partial charge in [-0.2, -0.15) is 0 Å². The first-order valence-corrected chi connectivity index (χ1v) is 3.77. The van der Waals surface area contributed by atoms with Crippen molar-refractivity contribution in [2.24, 2.45) is 0 Å². The van der Waals surface area contributed by atoms with Crippen LogP contribution < -0.4 is 0 Å². The van der Waals surface area contributed by atoms with E-state index < -0.39 is 0 Å². The molecule has 0 atom stereocenters. The number of aromatic amines is 1. The molecule has 3 nitrogen and oxygen atoms in total. The Kier molecular flexibility index (Phi) is 1.59. The van der Waals surface area contributed by atoms with Crippen LogP contribution in [0.4, 0.5) is 0 Å². The fourth-order valence-electron chi connectivity index (χ4n) is 1.13. The van der Waals surface area contributed by atoms with E-state index >= 15 is 0 Å². The van der Waals surface area contributed by atoms with E-state index in [2.05, 4.69) is 9.97 Å². The van der Waals surface area contributed by atoms with E-state index in [1.165, 1.54) is 0 Å². The van der Waals surface area contributed by atoms with Crippen LogP contribution in [0.15, 0.2) is 18.5 Å². The molecule has 0 saturated heterocycles. The van der Waals surface area contributed by atoms with Crippen molar-refractivity contribution in [2.45, 2.75) is 0 Å². The molecule has 1 N–H and O–H groups in total. The number of carbonyl (C=O) groups excluding carboxylic acids is 1. The second-order valence-electron chi connectivity index (χ2n) is 2.37. The quantitative estimate of drug-likeness (QED) is 0.683. The smallest absolute Gasteiger partial charge is 0.170 e. The van der Waals surface area contributed by atoms with Crippen molar-refractivity contribution in [3.63, 3.8) is 0 Å². The van der Waals surface area contributed by atoms with Gasteiger partial charge in [-0.1, -0.05) is 11.6 Å². The molecule has 0 saturated carbocycles. The third kappa shape index (κ3) is 0.905. The largest absolute Gasteiger partial charge is 0.358 e. The normalized spacial score (nSPS) is 10.4. The van der Waals surface area contributed by atoms with E-state index in [1.807, 2.05) is 0 Å². The Morgan fingerprint density at radius 1 is 1.58 bits per heavy atom. The lowest BCUT2D eigenvalue weighted by molar-refractivity contribution is 0.112. The molecule has 2 aromatic rings. The minimum absolute atomic E-state index is 0.388. The number of rotatable bonds is 1. The number of pyridine rings is 1. The average Bonchev–Trinajstić information content (AvgIpc) is 2.48. The fraction of sp³-hybridized carbons (Fsp3) is 0. The van der Waals surface area contributed by atoms with E-state index in [-0.39, 0.29) is 0 Å². The number of halogens is 1. The van der Waals surface area contributed by atoms with Crippen LogP contribution in [0, 0.1) is 0 Å². The second-order valence-corrected chi connectivity index (χ2v) is 2.78. The fourth-order valence-corrected chi connectivity index (χ4v) is 1.34. The molecule has 0 bridgehead atoms. The predicted molar refractivity (Wildman–Crippen MR) is 46.5 cm³/mol. The highest BCUT2D eigenvalue weighted by Gasteiger charge is 2.04. The van der Waals surface area contributed by atoms with Gasteiger partial charge in [-0.25, -0.2) is 0 Å². The maximum absolute atomic E-state index is 10.5. The van der Waals surface area contributed by atoms with Gasteiger partial charge in [0.1, 0.15) is 5.69 Å². The van der Waals surface area contributed by atoms with Crippen molar-refractivity contribution in [1.82, 2.24) is 9.97 Å². The molecule has 0 aliphatic heterocycles. The SMILES string of the molecule is O=Cc1nccc2c(Cl)c[nH]c12. The molecule has 0 unspecified atom stereocenters. The van der Waals surface area contributed by atoms with E-state index in [9.17, 15) is 4.79 Å². The first-order valence-electron chi connectivity index (χ1n) is 3.39. The van der Waals surface area contributed by atoms with Crippen LogP contribution in [-0.2, 0) is 0 Å². The number of nitrogens with one attached hydrogen (secondary N) is 1. The third-order valence-electron chi connectivity index (χ3n) is 1.69. The number of aromatic nitrogens is 2. The molecule has 0 fully saturated rings. The van der Waals surface area contributed by atoms with Gasteiger partial charge >= 0.3 is 0 Å². The number of carbonyl (C=O) groups is 1. The Bertz CT molecular complexity index is 436. The predicted octanol–water partition coefficient (Wildman–Crippen LogP) is 2.03. The van der Waals surface area contributed by atoms with E-state index in [0.29, 0.717) is 22.5 Å². The lowest BCUT2D eigenvalue weighted by Crippen LogP contribution is -1.86. The van der Waals surface area contributed by atoms with Gasteiger partial charge in [0.05, 0.1) is 10.5 Å². The molecule has 4 heteroatoms. The van der Waals surface area contributed by atoms with Gasteiger partial charge in [-0.3, -0.25) is 9.78 Å². The number of fused-ring (bicyclic) bond motifs is 1. The molecule has 2 heterocycles. The van der Waals surface area contributed by atoms with Gasteiger partial charge in [0, 0.05) is 17.8 Å². The first-order chi connectivity index (χ1) is 5.83. The number of H-pyrrole nitrogens is 1. The molecule has 0 aliphatic rings. The summed E-state index contributed by atoms with van der Waals surface area (Å²) in [6, 6.07) is 1.77. The first kappa shape index (κ1) is 7.31. The Balaban J connectivity index is 2.89. The minimum Gasteiger partial charge on any atom is -0.358 e. The van der Waals surface area contributed by atoms with Gasteiger partial charge < -0.3 is 4.98 Å². The summed E-state index contributed by atoms with van der Waals surface area (Å²) in [6.45, 7) is 0. The van der Waals surface area contributed by atoms with Gasteiger partial charge in [0.15, 0.2) is 6.29 Å². The van der Waals surface area contributed by atoms with Gasteiger partial charge in [-0.15, -0.1) is 0 Å². The molecule has 0 spiro atoms. The number of nitrogens with zero attached hydrogens (tertiary/aromatic N) is 1. The maximum atomic E-state index is 10.5. The standard InChI is InChI=1S/C8H5ClN2O/c9-6-3-11-8-5(6)1-2-10-7(8)4-12/h1-4,11H. The molecule has 0 aliphatic carbocycles. The molecule has 60 valence electrons. The third-order valence-corrected chi connectivity index (χ3v) is 2.01. The number of hydrogen-bond acceptors (Lipinski definition) is 2. The van der Waals surface area contributed by atoms with Crippen molar-refractivity contribution >= 4 is 28.8 Å². The molecular formula is C8H5ClN2O. The van der Waals surface area contributed by atoms with Crippen LogP contribution in [0.1, 0.15) is 10.5 Å². The second kappa shape index (κ2) is 2.60. The van der Waals surface area contributed by atoms with Crippen molar-refractivity contribution < 1.29 is 4.79 Å². The van der Waals surface area contributed by atoms with Gasteiger partial charge in [0.2, 0.25) is 0 Å². The van der Waals surface area contributed by atoms with Crippen molar-refractivity contribution in [3.8, 4) is 0 Å². The highest BCUT2D eigenvalue weighted by molar-refractivity contribution is 6.35. The zero-order valence-corrected chi connectivity index (χ0v) is 6.80. The average molecular weight is 181 g/mol. The molecule has 2 aromatic heterocycles. The zero-order valence-electron chi connectivity index (χ0n) is 6.04. The maximum Gasteiger partial charge on any atom is 0.170 e. The molecule has 0 radical (unpaired) electrons. The summed E-state index contributed by atoms with van der Waals surface area (Å²) in [4.78, 5) is 17.3. The Labute approximate surface area is 73.4 Å². The van der Waals surface area contributed by atoms with E-state index in [4.69, 9.17) is 11.6 Å². The molecule has 0 amide bonds. The lowest BCUT2D eigenvalue weighted by Gasteiger charge is -1.91. The summed E-state index contributed by atoms with van der Waals surface area (Å²) in [7, 11) is 0. The van der Waals surface area contributed by atoms with Gasteiger partial charge in [-0.05, 0) is 6.07 Å². The highest BCUT2D eigenvalue weighted by atomic mass is 35.5. The van der Waals surface area contributed by atoms with Crippen LogP contribution in [0.3, 0.4) is 0 Å². The summed E-state index contributed by atoms with van der Waals surface area (Å²) in [5.74, 6) is 0. The zero-order chi connectivity index (χ0) is 8.55. The molecule has 2 rings (SSSR count). The van der Waals surface area contributed by atoms with Crippen LogP contribution in [-0.4, -0.2) is 16.3 Å². The van der Waals surface area contributed by atoms with Crippen molar-refractivity contribution in [2.75, 3.05) is 0 Å². The Morgan fingerprint density at radius 3 is 3.17 bits per heavy atom. The highest BCUT2D eigenvalue weighted by Crippen LogP contribution is 2.22. The lowest BCUT2D eigenvalue weighted by atomic mass is 10.2. The molecule has 0 aromatic carbocycles. The molecule has 12 heavy (non-hydrogen) atoms. The van der Waals surface area contributed by atoms with Crippen LogP contribution in [0.25, 0.3) is 10.9 Å². The Hall–Kier alpha value is -1.35. The summed E-state index contributed by atoms with van der Waals surface area (Å²) in [5, 5.41) is 1.43. The number of hydrogen-bond donors (Lipinski definition) is 1. The van der Waals surface area contributed by atoms with Crippen LogP contribution in [0.5, 0.6) is 0 Å². The van der Waals surface area contributed by atoms with Gasteiger partial charge in [0.25, 0.3) is 0 Å². The van der Waals surface area contributed by atoms with Crippen molar-refractivity contribution in [1.29, 1.82) is 0 Å². The van der Waals surface area contributed by atoms with Crippen LogP contribution in [0.2, 0.25) is 5.02 Å². The number of aldehydes is 1. The summed E-state index contributed by atoms with van der Waals surface area (Å²) in [5.41, 5.74) is 1.08. The minimum atomic E-state index is 0.388. The molecular weight excluding hydrogens is 176 g/mol.